The average molecular weight is 356 g/mol. The Labute approximate surface area is 136 Å². The molecule has 1 aromatic carbocycles. The highest BCUT2D eigenvalue weighted by molar-refractivity contribution is 9.10. The number of carbonyl (C=O) groups excluding carboxylic acids is 1. The number of hydrogen-bond acceptors (Lipinski definition) is 3. The Bertz CT molecular complexity index is 463. The summed E-state index contributed by atoms with van der Waals surface area (Å²) in [7, 11) is 0. The van der Waals surface area contributed by atoms with E-state index < -0.39 is 0 Å². The highest BCUT2D eigenvalue weighted by atomic mass is 79.9. The van der Waals surface area contributed by atoms with Crippen molar-refractivity contribution in [2.24, 2.45) is 11.7 Å². The van der Waals surface area contributed by atoms with Crippen LogP contribution in [0.15, 0.2) is 22.7 Å². The first kappa shape index (κ1) is 18.0. The minimum Gasteiger partial charge on any atom is -0.368 e. The number of benzene rings is 1. The Morgan fingerprint density at radius 1 is 1.43 bits per heavy atom. The fraction of sp³-hybridized carbons (Fsp3) is 0.562. The van der Waals surface area contributed by atoms with E-state index in [1.54, 1.807) is 0 Å². The van der Waals surface area contributed by atoms with E-state index in [-0.39, 0.29) is 12.5 Å². The lowest BCUT2D eigenvalue weighted by atomic mass is 10.1. The molecule has 1 aromatic rings. The van der Waals surface area contributed by atoms with E-state index in [9.17, 15) is 4.79 Å². The first-order valence-corrected chi connectivity index (χ1v) is 8.25. The molecule has 0 unspecified atom stereocenters. The van der Waals surface area contributed by atoms with Crippen molar-refractivity contribution in [3.63, 3.8) is 0 Å². The number of nitrogens with one attached hydrogen (secondary N) is 1. The molecule has 0 radical (unpaired) electrons. The van der Waals surface area contributed by atoms with E-state index in [4.69, 9.17) is 5.73 Å². The van der Waals surface area contributed by atoms with Crippen LogP contribution >= 0.6 is 15.9 Å². The maximum Gasteiger partial charge on any atom is 0.236 e. The van der Waals surface area contributed by atoms with Gasteiger partial charge in [-0.2, -0.15) is 0 Å². The lowest BCUT2D eigenvalue weighted by Gasteiger charge is -2.26. The summed E-state index contributed by atoms with van der Waals surface area (Å²) >= 11 is 3.62. The summed E-state index contributed by atoms with van der Waals surface area (Å²) in [6.07, 6.45) is 1.12. The topological polar surface area (TPSA) is 58.4 Å². The van der Waals surface area contributed by atoms with Gasteiger partial charge in [0.25, 0.3) is 0 Å². The smallest absolute Gasteiger partial charge is 0.236 e. The maximum absolute atomic E-state index is 11.2. The van der Waals surface area contributed by atoms with Gasteiger partial charge in [-0.1, -0.05) is 42.8 Å². The molecule has 118 valence electrons. The molecule has 1 amide bonds. The van der Waals surface area contributed by atoms with Crippen LogP contribution in [0, 0.1) is 5.92 Å². The van der Waals surface area contributed by atoms with Crippen LogP contribution in [0.2, 0.25) is 0 Å². The number of anilines is 1. The van der Waals surface area contributed by atoms with E-state index in [0.29, 0.717) is 5.92 Å². The normalized spacial score (nSPS) is 10.9. The molecule has 0 atom stereocenters. The van der Waals surface area contributed by atoms with E-state index in [1.165, 1.54) is 5.56 Å². The van der Waals surface area contributed by atoms with Crippen LogP contribution in [0.3, 0.4) is 0 Å². The zero-order valence-corrected chi connectivity index (χ0v) is 14.7. The second kappa shape index (κ2) is 9.05. The molecule has 0 saturated carbocycles. The van der Waals surface area contributed by atoms with Gasteiger partial charge in [-0.3, -0.25) is 4.79 Å². The summed E-state index contributed by atoms with van der Waals surface area (Å²) in [5.74, 6) is 0.162. The Morgan fingerprint density at radius 3 is 2.67 bits per heavy atom. The largest absolute Gasteiger partial charge is 0.368 e. The van der Waals surface area contributed by atoms with Crippen molar-refractivity contribution in [1.29, 1.82) is 0 Å². The fourth-order valence-electron chi connectivity index (χ4n) is 2.17. The molecule has 0 bridgehead atoms. The Morgan fingerprint density at radius 2 is 2.14 bits per heavy atom. The molecule has 0 aliphatic rings. The minimum absolute atomic E-state index is 0.248. The van der Waals surface area contributed by atoms with Gasteiger partial charge < -0.3 is 16.0 Å². The monoisotopic (exact) mass is 355 g/mol. The molecule has 5 heteroatoms. The molecule has 3 N–H and O–H groups in total. The van der Waals surface area contributed by atoms with Gasteiger partial charge in [0, 0.05) is 23.2 Å². The van der Waals surface area contributed by atoms with Crippen molar-refractivity contribution in [3.05, 3.63) is 28.2 Å². The summed E-state index contributed by atoms with van der Waals surface area (Å²) in [4.78, 5) is 13.3. The van der Waals surface area contributed by atoms with Crippen molar-refractivity contribution in [2.45, 2.75) is 33.7 Å². The Kier molecular flexibility index (Phi) is 7.75. The van der Waals surface area contributed by atoms with Gasteiger partial charge in [0.15, 0.2) is 0 Å². The molecule has 0 aromatic heterocycles. The summed E-state index contributed by atoms with van der Waals surface area (Å²) in [6.45, 7) is 9.32. The van der Waals surface area contributed by atoms with Crippen molar-refractivity contribution < 1.29 is 4.79 Å². The molecule has 4 nitrogen and oxygen atoms in total. The second-order valence-electron chi connectivity index (χ2n) is 5.69. The predicted molar refractivity (Wildman–Crippen MR) is 92.4 cm³/mol. The van der Waals surface area contributed by atoms with Gasteiger partial charge in [0.2, 0.25) is 5.91 Å². The van der Waals surface area contributed by atoms with Crippen LogP contribution in [0.25, 0.3) is 0 Å². The zero-order chi connectivity index (χ0) is 15.8. The summed E-state index contributed by atoms with van der Waals surface area (Å²) in [5.41, 5.74) is 7.59. The average Bonchev–Trinajstić information content (AvgIpc) is 2.39. The Hall–Kier alpha value is -1.07. The van der Waals surface area contributed by atoms with Gasteiger partial charge in [0.05, 0.1) is 6.54 Å². The predicted octanol–water partition coefficient (Wildman–Crippen LogP) is 2.90. The molecule has 21 heavy (non-hydrogen) atoms. The highest BCUT2D eigenvalue weighted by Crippen LogP contribution is 2.25. The molecule has 0 saturated heterocycles. The van der Waals surface area contributed by atoms with Gasteiger partial charge in [-0.25, -0.2) is 0 Å². The van der Waals surface area contributed by atoms with Crippen molar-refractivity contribution >= 4 is 27.5 Å². The quantitative estimate of drug-likeness (QED) is 0.669. The SMILES string of the molecule is CCCNCc1ccc(N(CC(N)=O)CC(C)C)cc1Br. The molecule has 0 aliphatic carbocycles. The van der Waals surface area contributed by atoms with Crippen LogP contribution in [0.1, 0.15) is 32.8 Å². The van der Waals surface area contributed by atoms with Crippen LogP contribution < -0.4 is 16.0 Å². The number of nitrogens with two attached hydrogens (primary N) is 1. The van der Waals surface area contributed by atoms with Crippen LogP contribution in [-0.4, -0.2) is 25.5 Å². The molecule has 1 rings (SSSR count). The number of hydrogen-bond donors (Lipinski definition) is 2. The molecular formula is C16H26BrN3O. The van der Waals surface area contributed by atoms with Crippen LogP contribution in [0.4, 0.5) is 5.69 Å². The first-order valence-electron chi connectivity index (χ1n) is 7.46. The van der Waals surface area contributed by atoms with E-state index in [1.807, 2.05) is 4.90 Å². The van der Waals surface area contributed by atoms with Crippen LogP contribution in [-0.2, 0) is 11.3 Å². The highest BCUT2D eigenvalue weighted by Gasteiger charge is 2.12. The maximum atomic E-state index is 11.2. The summed E-state index contributed by atoms with van der Waals surface area (Å²) in [5, 5.41) is 3.39. The minimum atomic E-state index is -0.305. The molecule has 0 aliphatic heterocycles. The standard InChI is InChI=1S/C16H26BrN3O/c1-4-7-19-9-13-5-6-14(8-15(13)17)20(10-12(2)3)11-16(18)21/h5-6,8,12,19H,4,7,9-11H2,1-3H3,(H2,18,21). The number of halogens is 1. The van der Waals surface area contributed by atoms with Gasteiger partial charge in [0.1, 0.15) is 0 Å². The lowest BCUT2D eigenvalue weighted by molar-refractivity contribution is -0.116. The third-order valence-corrected chi connectivity index (χ3v) is 3.81. The van der Waals surface area contributed by atoms with E-state index in [2.05, 4.69) is 60.2 Å². The number of carbonyl (C=O) groups is 1. The van der Waals surface area contributed by atoms with E-state index in [0.717, 1.165) is 36.2 Å². The second-order valence-corrected chi connectivity index (χ2v) is 6.55. The third-order valence-electron chi connectivity index (χ3n) is 3.08. The zero-order valence-electron chi connectivity index (χ0n) is 13.2. The fourth-order valence-corrected chi connectivity index (χ4v) is 2.67. The lowest BCUT2D eigenvalue weighted by Crippen LogP contribution is -2.36. The number of rotatable bonds is 9. The van der Waals surface area contributed by atoms with Gasteiger partial charge >= 0.3 is 0 Å². The van der Waals surface area contributed by atoms with E-state index >= 15 is 0 Å². The van der Waals surface area contributed by atoms with Crippen molar-refractivity contribution in [3.8, 4) is 0 Å². The number of nitrogens with zero attached hydrogens (tertiary/aromatic N) is 1. The Balaban J connectivity index is 2.84. The van der Waals surface area contributed by atoms with Gasteiger partial charge in [-0.05, 0) is 36.6 Å². The molecular weight excluding hydrogens is 330 g/mol. The first-order chi connectivity index (χ1) is 9.93. The summed E-state index contributed by atoms with van der Waals surface area (Å²) in [6, 6.07) is 6.21. The van der Waals surface area contributed by atoms with Crippen LogP contribution in [0.5, 0.6) is 0 Å². The molecule has 0 heterocycles. The molecule has 0 fully saturated rings. The molecule has 0 spiro atoms. The third kappa shape index (κ3) is 6.48. The van der Waals surface area contributed by atoms with Gasteiger partial charge in [-0.15, -0.1) is 0 Å². The number of primary amides is 1. The summed E-state index contributed by atoms with van der Waals surface area (Å²) < 4.78 is 1.06. The van der Waals surface area contributed by atoms with Crippen molar-refractivity contribution in [2.75, 3.05) is 24.5 Å². The number of amides is 1. The van der Waals surface area contributed by atoms with Crippen molar-refractivity contribution in [1.82, 2.24) is 5.32 Å².